The van der Waals surface area contributed by atoms with Gasteiger partial charge < -0.3 is 10.2 Å². The van der Waals surface area contributed by atoms with E-state index in [1.54, 1.807) is 0 Å². The lowest BCUT2D eigenvalue weighted by Crippen LogP contribution is -2.49. The van der Waals surface area contributed by atoms with E-state index in [9.17, 15) is 0 Å². The first kappa shape index (κ1) is 14.9. The van der Waals surface area contributed by atoms with Crippen molar-refractivity contribution in [2.45, 2.75) is 46.1 Å². The lowest BCUT2D eigenvalue weighted by atomic mass is 10.2. The lowest BCUT2D eigenvalue weighted by molar-refractivity contribution is 0.0996. The van der Waals surface area contributed by atoms with Crippen LogP contribution >= 0.6 is 0 Å². The van der Waals surface area contributed by atoms with Gasteiger partial charge in [-0.25, -0.2) is 0 Å². The van der Waals surface area contributed by atoms with Crippen molar-refractivity contribution in [3.63, 3.8) is 0 Å². The summed E-state index contributed by atoms with van der Waals surface area (Å²) in [7, 11) is 0. The highest BCUT2D eigenvalue weighted by Gasteiger charge is 2.19. The van der Waals surface area contributed by atoms with Gasteiger partial charge in [-0.2, -0.15) is 0 Å². The Labute approximate surface area is 108 Å². The number of hydrogen-bond donors (Lipinski definition) is 1. The van der Waals surface area contributed by atoms with Crippen LogP contribution in [0.3, 0.4) is 0 Å². The van der Waals surface area contributed by atoms with Gasteiger partial charge in [0.1, 0.15) is 0 Å². The first-order chi connectivity index (χ1) is 8.27. The van der Waals surface area contributed by atoms with Crippen molar-refractivity contribution in [3.8, 4) is 0 Å². The van der Waals surface area contributed by atoms with E-state index in [0.717, 1.165) is 12.6 Å². The summed E-state index contributed by atoms with van der Waals surface area (Å²) in [5.41, 5.74) is 0. The highest BCUT2D eigenvalue weighted by atomic mass is 15.3. The molecule has 1 unspecified atom stereocenters. The van der Waals surface area contributed by atoms with E-state index in [0.29, 0.717) is 0 Å². The zero-order valence-electron chi connectivity index (χ0n) is 12.0. The van der Waals surface area contributed by atoms with Crippen molar-refractivity contribution in [1.29, 1.82) is 0 Å². The Bertz CT molecular complexity index is 176. The first-order valence-electron chi connectivity index (χ1n) is 7.45. The van der Waals surface area contributed by atoms with Gasteiger partial charge in [0.05, 0.1) is 0 Å². The molecule has 1 saturated heterocycles. The molecule has 102 valence electrons. The van der Waals surface area contributed by atoms with Gasteiger partial charge in [0.15, 0.2) is 0 Å². The molecular formula is C14H31N3. The molecule has 1 N–H and O–H groups in total. The Morgan fingerprint density at radius 3 is 2.35 bits per heavy atom. The summed E-state index contributed by atoms with van der Waals surface area (Å²) in [5.74, 6) is 0. The Balaban J connectivity index is 2.03. The van der Waals surface area contributed by atoms with Crippen LogP contribution in [0.2, 0.25) is 0 Å². The minimum Gasteiger partial charge on any atom is -0.317 e. The van der Waals surface area contributed by atoms with E-state index in [1.165, 1.54) is 58.5 Å². The van der Waals surface area contributed by atoms with Crippen LogP contribution in [0.25, 0.3) is 0 Å². The standard InChI is InChI=1S/C14H31N3/c1-4-14(3)17-12-10-16(11-13-17)9-7-6-8-15-5-2/h14-15H,4-13H2,1-3H3. The van der Waals surface area contributed by atoms with Crippen LogP contribution in [-0.4, -0.2) is 61.7 Å². The maximum absolute atomic E-state index is 3.39. The number of rotatable bonds is 8. The summed E-state index contributed by atoms with van der Waals surface area (Å²) in [5, 5.41) is 3.39. The van der Waals surface area contributed by atoms with Crippen molar-refractivity contribution in [1.82, 2.24) is 15.1 Å². The molecule has 3 heteroatoms. The van der Waals surface area contributed by atoms with E-state index >= 15 is 0 Å². The van der Waals surface area contributed by atoms with Gasteiger partial charge in [-0.3, -0.25) is 4.90 Å². The van der Waals surface area contributed by atoms with Crippen molar-refractivity contribution in [2.75, 3.05) is 45.8 Å². The summed E-state index contributed by atoms with van der Waals surface area (Å²) in [4.78, 5) is 5.26. The number of piperazine rings is 1. The quantitative estimate of drug-likeness (QED) is 0.654. The van der Waals surface area contributed by atoms with E-state index in [-0.39, 0.29) is 0 Å². The number of nitrogens with zero attached hydrogens (tertiary/aromatic N) is 2. The highest BCUT2D eigenvalue weighted by Crippen LogP contribution is 2.09. The summed E-state index contributed by atoms with van der Waals surface area (Å²) in [6.07, 6.45) is 3.94. The second kappa shape index (κ2) is 8.90. The molecule has 17 heavy (non-hydrogen) atoms. The van der Waals surface area contributed by atoms with Gasteiger partial charge in [-0.1, -0.05) is 13.8 Å². The van der Waals surface area contributed by atoms with Crippen LogP contribution in [-0.2, 0) is 0 Å². The maximum Gasteiger partial charge on any atom is 0.0113 e. The smallest absolute Gasteiger partial charge is 0.0113 e. The van der Waals surface area contributed by atoms with Crippen molar-refractivity contribution >= 4 is 0 Å². The third-order valence-corrected chi connectivity index (χ3v) is 3.95. The van der Waals surface area contributed by atoms with Crippen LogP contribution in [0.4, 0.5) is 0 Å². The topological polar surface area (TPSA) is 18.5 Å². The van der Waals surface area contributed by atoms with Crippen molar-refractivity contribution in [3.05, 3.63) is 0 Å². The predicted molar refractivity (Wildman–Crippen MR) is 75.5 cm³/mol. The van der Waals surface area contributed by atoms with E-state index in [4.69, 9.17) is 0 Å². The van der Waals surface area contributed by atoms with Crippen LogP contribution in [0, 0.1) is 0 Å². The summed E-state index contributed by atoms with van der Waals surface area (Å²) >= 11 is 0. The monoisotopic (exact) mass is 241 g/mol. The summed E-state index contributed by atoms with van der Waals surface area (Å²) in [6, 6.07) is 0.769. The molecule has 0 aromatic carbocycles. The highest BCUT2D eigenvalue weighted by molar-refractivity contribution is 4.75. The maximum atomic E-state index is 3.39. The van der Waals surface area contributed by atoms with Gasteiger partial charge in [0.25, 0.3) is 0 Å². The number of nitrogens with one attached hydrogen (secondary N) is 1. The molecule has 1 fully saturated rings. The molecule has 0 amide bonds. The van der Waals surface area contributed by atoms with E-state index in [1.807, 2.05) is 0 Å². The minimum absolute atomic E-state index is 0.769. The van der Waals surface area contributed by atoms with Crippen LogP contribution in [0.5, 0.6) is 0 Å². The van der Waals surface area contributed by atoms with Gasteiger partial charge >= 0.3 is 0 Å². The van der Waals surface area contributed by atoms with Gasteiger partial charge in [-0.05, 0) is 45.8 Å². The third-order valence-electron chi connectivity index (χ3n) is 3.95. The van der Waals surface area contributed by atoms with Crippen LogP contribution in [0.1, 0.15) is 40.0 Å². The Morgan fingerprint density at radius 1 is 1.06 bits per heavy atom. The molecule has 1 aliphatic rings. The third kappa shape index (κ3) is 5.84. The molecule has 1 rings (SSSR count). The number of hydrogen-bond acceptors (Lipinski definition) is 3. The second-order valence-corrected chi connectivity index (χ2v) is 5.20. The normalized spacial score (nSPS) is 20.6. The fourth-order valence-electron chi connectivity index (χ4n) is 2.45. The fraction of sp³-hybridized carbons (Fsp3) is 1.00. The zero-order chi connectivity index (χ0) is 12.5. The molecule has 3 nitrogen and oxygen atoms in total. The molecule has 0 aromatic rings. The molecule has 1 aliphatic heterocycles. The molecule has 0 radical (unpaired) electrons. The molecule has 0 aliphatic carbocycles. The van der Waals surface area contributed by atoms with Crippen molar-refractivity contribution in [2.24, 2.45) is 0 Å². The molecule has 1 heterocycles. The molecule has 0 aromatic heterocycles. The molecule has 0 saturated carbocycles. The zero-order valence-corrected chi connectivity index (χ0v) is 12.0. The van der Waals surface area contributed by atoms with Gasteiger partial charge in [0.2, 0.25) is 0 Å². The Kier molecular flexibility index (Phi) is 7.82. The molecule has 0 bridgehead atoms. The number of unbranched alkanes of at least 4 members (excludes halogenated alkanes) is 1. The minimum atomic E-state index is 0.769. The largest absolute Gasteiger partial charge is 0.317 e. The van der Waals surface area contributed by atoms with Gasteiger partial charge in [-0.15, -0.1) is 0 Å². The second-order valence-electron chi connectivity index (χ2n) is 5.20. The SMILES string of the molecule is CCNCCCCN1CCN(C(C)CC)CC1. The summed E-state index contributed by atoms with van der Waals surface area (Å²) < 4.78 is 0. The van der Waals surface area contributed by atoms with Crippen LogP contribution < -0.4 is 5.32 Å². The fourth-order valence-corrected chi connectivity index (χ4v) is 2.45. The average Bonchev–Trinajstić information content (AvgIpc) is 2.38. The molecular weight excluding hydrogens is 210 g/mol. The predicted octanol–water partition coefficient (Wildman–Crippen LogP) is 1.79. The van der Waals surface area contributed by atoms with Crippen LogP contribution in [0.15, 0.2) is 0 Å². The summed E-state index contributed by atoms with van der Waals surface area (Å²) in [6.45, 7) is 15.5. The van der Waals surface area contributed by atoms with Crippen molar-refractivity contribution < 1.29 is 0 Å². The van der Waals surface area contributed by atoms with E-state index in [2.05, 4.69) is 35.9 Å². The first-order valence-corrected chi connectivity index (χ1v) is 7.45. The van der Waals surface area contributed by atoms with Gasteiger partial charge in [0, 0.05) is 32.2 Å². The Hall–Kier alpha value is -0.120. The molecule has 1 atom stereocenters. The Morgan fingerprint density at radius 2 is 1.76 bits per heavy atom. The lowest BCUT2D eigenvalue weighted by Gasteiger charge is -2.37. The van der Waals surface area contributed by atoms with E-state index < -0.39 is 0 Å². The molecule has 0 spiro atoms. The average molecular weight is 241 g/mol.